The van der Waals surface area contributed by atoms with Gasteiger partial charge in [-0.25, -0.2) is 0 Å². The minimum Gasteiger partial charge on any atom is -0.354 e. The third-order valence-electron chi connectivity index (χ3n) is 2.64. The van der Waals surface area contributed by atoms with Crippen LogP contribution in [-0.2, 0) is 4.79 Å². The van der Waals surface area contributed by atoms with Gasteiger partial charge in [-0.3, -0.25) is 4.79 Å². The molecule has 0 aromatic heterocycles. The van der Waals surface area contributed by atoms with E-state index in [1.54, 1.807) is 0 Å². The van der Waals surface area contributed by atoms with Crippen LogP contribution in [0.2, 0.25) is 0 Å². The van der Waals surface area contributed by atoms with Crippen LogP contribution in [0.25, 0.3) is 0 Å². The standard InChI is InChI=1S/C9H16N2O/c12-9(8-2-1-5-10-8)11-6-7-3-4-7/h7-8,10H,1-6H2,(H,11,12)/t8-/m0/s1. The van der Waals surface area contributed by atoms with Gasteiger partial charge in [0, 0.05) is 6.54 Å². The van der Waals surface area contributed by atoms with Crippen molar-refractivity contribution in [3.63, 3.8) is 0 Å². The van der Waals surface area contributed by atoms with E-state index in [1.807, 2.05) is 0 Å². The summed E-state index contributed by atoms with van der Waals surface area (Å²) in [6, 6.07) is 0.101. The summed E-state index contributed by atoms with van der Waals surface area (Å²) in [5, 5.41) is 6.17. The highest BCUT2D eigenvalue weighted by molar-refractivity contribution is 5.81. The van der Waals surface area contributed by atoms with Gasteiger partial charge in [0.25, 0.3) is 0 Å². The van der Waals surface area contributed by atoms with Gasteiger partial charge in [-0.2, -0.15) is 0 Å². The van der Waals surface area contributed by atoms with Gasteiger partial charge >= 0.3 is 0 Å². The third kappa shape index (κ3) is 1.97. The van der Waals surface area contributed by atoms with Crippen LogP contribution >= 0.6 is 0 Å². The molecule has 0 bridgehead atoms. The zero-order chi connectivity index (χ0) is 8.39. The maximum absolute atomic E-state index is 11.4. The van der Waals surface area contributed by atoms with Crippen molar-refractivity contribution in [3.05, 3.63) is 0 Å². The number of hydrogen-bond acceptors (Lipinski definition) is 2. The number of rotatable bonds is 3. The molecule has 1 aliphatic heterocycles. The predicted molar refractivity (Wildman–Crippen MR) is 46.8 cm³/mol. The summed E-state index contributed by atoms with van der Waals surface area (Å²) in [6.07, 6.45) is 4.76. The van der Waals surface area contributed by atoms with Crippen LogP contribution in [0.15, 0.2) is 0 Å². The van der Waals surface area contributed by atoms with E-state index in [9.17, 15) is 4.79 Å². The Bertz CT molecular complexity index is 171. The Labute approximate surface area is 72.9 Å². The second-order valence-electron chi connectivity index (χ2n) is 3.84. The highest BCUT2D eigenvalue weighted by atomic mass is 16.2. The van der Waals surface area contributed by atoms with Crippen molar-refractivity contribution in [2.45, 2.75) is 31.7 Å². The molecule has 0 unspecified atom stereocenters. The molecular weight excluding hydrogens is 152 g/mol. The Morgan fingerprint density at radius 1 is 1.42 bits per heavy atom. The van der Waals surface area contributed by atoms with E-state index in [1.165, 1.54) is 12.8 Å². The predicted octanol–water partition coefficient (Wildman–Crippen LogP) is 0.265. The summed E-state index contributed by atoms with van der Waals surface area (Å²) < 4.78 is 0. The van der Waals surface area contributed by atoms with Crippen LogP contribution in [-0.4, -0.2) is 25.0 Å². The van der Waals surface area contributed by atoms with Crippen LogP contribution < -0.4 is 10.6 Å². The molecule has 2 rings (SSSR count). The fourth-order valence-corrected chi connectivity index (χ4v) is 1.60. The monoisotopic (exact) mass is 168 g/mol. The van der Waals surface area contributed by atoms with E-state index in [2.05, 4.69) is 10.6 Å². The average molecular weight is 168 g/mol. The molecule has 2 fully saturated rings. The van der Waals surface area contributed by atoms with Gasteiger partial charge in [0.1, 0.15) is 0 Å². The first-order valence-corrected chi connectivity index (χ1v) is 4.87. The highest BCUT2D eigenvalue weighted by Crippen LogP contribution is 2.27. The van der Waals surface area contributed by atoms with E-state index in [0.717, 1.165) is 31.8 Å². The molecule has 1 saturated heterocycles. The van der Waals surface area contributed by atoms with Crippen LogP contribution in [0, 0.1) is 5.92 Å². The topological polar surface area (TPSA) is 41.1 Å². The van der Waals surface area contributed by atoms with E-state index >= 15 is 0 Å². The van der Waals surface area contributed by atoms with Crippen LogP contribution in [0.3, 0.4) is 0 Å². The first-order valence-electron chi connectivity index (χ1n) is 4.87. The van der Waals surface area contributed by atoms with Crippen LogP contribution in [0.4, 0.5) is 0 Å². The first-order chi connectivity index (χ1) is 5.86. The summed E-state index contributed by atoms with van der Waals surface area (Å²) in [4.78, 5) is 11.4. The summed E-state index contributed by atoms with van der Waals surface area (Å²) >= 11 is 0. The molecule has 3 heteroatoms. The largest absolute Gasteiger partial charge is 0.354 e. The number of carbonyl (C=O) groups excluding carboxylic acids is 1. The lowest BCUT2D eigenvalue weighted by molar-refractivity contribution is -0.122. The molecule has 12 heavy (non-hydrogen) atoms. The molecule has 1 atom stereocenters. The van der Waals surface area contributed by atoms with Crippen molar-refractivity contribution in [1.29, 1.82) is 0 Å². The molecule has 1 saturated carbocycles. The van der Waals surface area contributed by atoms with E-state index in [-0.39, 0.29) is 11.9 Å². The van der Waals surface area contributed by atoms with Gasteiger partial charge in [0.15, 0.2) is 0 Å². The van der Waals surface area contributed by atoms with Crippen molar-refractivity contribution in [3.8, 4) is 0 Å². The average Bonchev–Trinajstić information content (AvgIpc) is 2.74. The smallest absolute Gasteiger partial charge is 0.237 e. The maximum atomic E-state index is 11.4. The SMILES string of the molecule is O=C(NCC1CC1)[C@@H]1CCCN1. The maximum Gasteiger partial charge on any atom is 0.237 e. The Morgan fingerprint density at radius 2 is 2.25 bits per heavy atom. The quantitative estimate of drug-likeness (QED) is 0.635. The summed E-state index contributed by atoms with van der Waals surface area (Å²) in [6.45, 7) is 1.90. The minimum atomic E-state index is 0.101. The molecule has 0 aromatic rings. The molecule has 1 amide bonds. The van der Waals surface area contributed by atoms with E-state index < -0.39 is 0 Å². The van der Waals surface area contributed by atoms with Crippen molar-refractivity contribution in [2.24, 2.45) is 5.92 Å². The van der Waals surface area contributed by atoms with Crippen LogP contribution in [0.5, 0.6) is 0 Å². The van der Waals surface area contributed by atoms with Gasteiger partial charge in [-0.15, -0.1) is 0 Å². The van der Waals surface area contributed by atoms with E-state index in [0.29, 0.717) is 0 Å². The number of amides is 1. The van der Waals surface area contributed by atoms with Crippen LogP contribution in [0.1, 0.15) is 25.7 Å². The molecule has 0 aromatic carbocycles. The fraction of sp³-hybridized carbons (Fsp3) is 0.889. The third-order valence-corrected chi connectivity index (χ3v) is 2.64. The van der Waals surface area contributed by atoms with Gasteiger partial charge in [-0.05, 0) is 38.1 Å². The van der Waals surface area contributed by atoms with Gasteiger partial charge in [0.2, 0.25) is 5.91 Å². The zero-order valence-corrected chi connectivity index (χ0v) is 7.31. The first kappa shape index (κ1) is 8.05. The molecular formula is C9H16N2O. The summed E-state index contributed by atoms with van der Waals surface area (Å²) in [7, 11) is 0. The molecule has 1 heterocycles. The highest BCUT2D eigenvalue weighted by Gasteiger charge is 2.25. The van der Waals surface area contributed by atoms with Crippen molar-refractivity contribution >= 4 is 5.91 Å². The fourth-order valence-electron chi connectivity index (χ4n) is 1.60. The lowest BCUT2D eigenvalue weighted by Crippen LogP contribution is -2.41. The lowest BCUT2D eigenvalue weighted by atomic mass is 10.2. The second kappa shape index (κ2) is 3.44. The number of hydrogen-bond donors (Lipinski definition) is 2. The molecule has 2 N–H and O–H groups in total. The Morgan fingerprint density at radius 3 is 2.83 bits per heavy atom. The molecule has 1 aliphatic carbocycles. The van der Waals surface area contributed by atoms with Gasteiger partial charge in [-0.1, -0.05) is 0 Å². The Kier molecular flexibility index (Phi) is 2.30. The Balaban J connectivity index is 1.67. The zero-order valence-electron chi connectivity index (χ0n) is 7.31. The van der Waals surface area contributed by atoms with E-state index in [4.69, 9.17) is 0 Å². The van der Waals surface area contributed by atoms with Gasteiger partial charge < -0.3 is 10.6 Å². The molecule has 0 spiro atoms. The van der Waals surface area contributed by atoms with Gasteiger partial charge in [0.05, 0.1) is 6.04 Å². The Hall–Kier alpha value is -0.570. The minimum absolute atomic E-state index is 0.101. The van der Waals surface area contributed by atoms with Crippen molar-refractivity contribution in [1.82, 2.24) is 10.6 Å². The lowest BCUT2D eigenvalue weighted by Gasteiger charge is -2.09. The normalized spacial score (nSPS) is 28.8. The van der Waals surface area contributed by atoms with Crippen molar-refractivity contribution in [2.75, 3.05) is 13.1 Å². The molecule has 68 valence electrons. The summed E-state index contributed by atoms with van der Waals surface area (Å²) in [5.74, 6) is 0.995. The number of nitrogens with one attached hydrogen (secondary N) is 2. The molecule has 3 nitrogen and oxygen atoms in total. The second-order valence-corrected chi connectivity index (χ2v) is 3.84. The molecule has 0 radical (unpaired) electrons. The number of carbonyl (C=O) groups is 1. The summed E-state index contributed by atoms with van der Waals surface area (Å²) in [5.41, 5.74) is 0. The van der Waals surface area contributed by atoms with Crippen molar-refractivity contribution < 1.29 is 4.79 Å². The molecule has 2 aliphatic rings.